The predicted molar refractivity (Wildman–Crippen MR) is 68.5 cm³/mol. The summed E-state index contributed by atoms with van der Waals surface area (Å²) in [5.74, 6) is 1.21. The van der Waals surface area contributed by atoms with Crippen molar-refractivity contribution in [3.8, 4) is 17.6 Å². The Bertz CT molecular complexity index is 573. The van der Waals surface area contributed by atoms with Gasteiger partial charge in [-0.3, -0.25) is 0 Å². The van der Waals surface area contributed by atoms with E-state index in [4.69, 9.17) is 15.1 Å². The Hall–Kier alpha value is -2.31. The fourth-order valence-corrected chi connectivity index (χ4v) is 1.70. The van der Waals surface area contributed by atoms with Gasteiger partial charge in [0.2, 0.25) is 0 Å². The smallest absolute Gasteiger partial charge is 0.145 e. The molecular formula is C15H13NO2. The summed E-state index contributed by atoms with van der Waals surface area (Å²) in [6.45, 7) is 0.0697. The number of hydrogen-bond donors (Lipinski definition) is 1. The molecule has 2 aromatic rings. The molecule has 2 aromatic carbocycles. The molecule has 0 bridgehead atoms. The molecule has 0 unspecified atom stereocenters. The Balaban J connectivity index is 2.31. The second-order valence-corrected chi connectivity index (χ2v) is 3.79. The van der Waals surface area contributed by atoms with Crippen molar-refractivity contribution in [3.05, 3.63) is 59.7 Å². The molecule has 0 radical (unpaired) electrons. The van der Waals surface area contributed by atoms with Gasteiger partial charge in [-0.1, -0.05) is 30.3 Å². The molecule has 3 heteroatoms. The van der Waals surface area contributed by atoms with Crippen LogP contribution in [-0.2, 0) is 6.42 Å². The van der Waals surface area contributed by atoms with E-state index in [-0.39, 0.29) is 6.61 Å². The van der Waals surface area contributed by atoms with Gasteiger partial charge in [-0.25, -0.2) is 0 Å². The lowest BCUT2D eigenvalue weighted by molar-refractivity contribution is 0.298. The van der Waals surface area contributed by atoms with E-state index in [1.54, 1.807) is 18.2 Å². The summed E-state index contributed by atoms with van der Waals surface area (Å²) < 4.78 is 5.75. The summed E-state index contributed by atoms with van der Waals surface area (Å²) in [4.78, 5) is 0. The maximum atomic E-state index is 9.00. The van der Waals surface area contributed by atoms with E-state index >= 15 is 0 Å². The van der Waals surface area contributed by atoms with Gasteiger partial charge in [0.1, 0.15) is 17.6 Å². The van der Waals surface area contributed by atoms with Crippen molar-refractivity contribution in [2.75, 3.05) is 6.61 Å². The van der Waals surface area contributed by atoms with E-state index in [1.165, 1.54) is 0 Å². The number of benzene rings is 2. The third kappa shape index (κ3) is 2.68. The van der Waals surface area contributed by atoms with Crippen LogP contribution in [-0.4, -0.2) is 11.7 Å². The Labute approximate surface area is 106 Å². The fraction of sp³-hybridized carbons (Fsp3) is 0.133. The highest BCUT2D eigenvalue weighted by atomic mass is 16.5. The minimum atomic E-state index is 0.0697. The van der Waals surface area contributed by atoms with Crippen LogP contribution in [0.3, 0.4) is 0 Å². The van der Waals surface area contributed by atoms with Crippen molar-refractivity contribution >= 4 is 0 Å². The number of para-hydroxylation sites is 2. The van der Waals surface area contributed by atoms with Crippen LogP contribution >= 0.6 is 0 Å². The third-order valence-electron chi connectivity index (χ3n) is 2.58. The van der Waals surface area contributed by atoms with Crippen LogP contribution in [0.4, 0.5) is 0 Å². The summed E-state index contributed by atoms with van der Waals surface area (Å²) in [6, 6.07) is 16.7. The van der Waals surface area contributed by atoms with Gasteiger partial charge in [-0.05, 0) is 30.2 Å². The number of hydrogen-bond acceptors (Lipinski definition) is 3. The molecule has 0 aliphatic rings. The number of ether oxygens (including phenoxy) is 1. The first-order valence-electron chi connectivity index (χ1n) is 5.71. The molecule has 0 saturated carbocycles. The SMILES string of the molecule is N#Cc1ccccc1Oc1ccccc1CCO. The molecule has 0 atom stereocenters. The minimum absolute atomic E-state index is 0.0697. The molecule has 3 nitrogen and oxygen atoms in total. The van der Waals surface area contributed by atoms with Crippen molar-refractivity contribution in [3.63, 3.8) is 0 Å². The lowest BCUT2D eigenvalue weighted by Gasteiger charge is -2.11. The third-order valence-corrected chi connectivity index (χ3v) is 2.58. The van der Waals surface area contributed by atoms with Crippen LogP contribution in [0, 0.1) is 11.3 Å². The van der Waals surface area contributed by atoms with E-state index in [2.05, 4.69) is 6.07 Å². The molecule has 0 aliphatic heterocycles. The minimum Gasteiger partial charge on any atom is -0.456 e. The van der Waals surface area contributed by atoms with Crippen molar-refractivity contribution in [2.45, 2.75) is 6.42 Å². The summed E-state index contributed by atoms with van der Waals surface area (Å²) in [5.41, 5.74) is 1.42. The van der Waals surface area contributed by atoms with Crippen molar-refractivity contribution in [1.29, 1.82) is 5.26 Å². The normalized spacial score (nSPS) is 9.78. The molecule has 0 spiro atoms. The molecule has 1 N–H and O–H groups in total. The first-order valence-corrected chi connectivity index (χ1v) is 5.71. The Morgan fingerprint density at radius 1 is 1.00 bits per heavy atom. The van der Waals surface area contributed by atoms with Crippen LogP contribution in [0.2, 0.25) is 0 Å². The highest BCUT2D eigenvalue weighted by Crippen LogP contribution is 2.27. The second-order valence-electron chi connectivity index (χ2n) is 3.79. The lowest BCUT2D eigenvalue weighted by atomic mass is 10.1. The van der Waals surface area contributed by atoms with Crippen molar-refractivity contribution in [2.24, 2.45) is 0 Å². The van der Waals surface area contributed by atoms with Gasteiger partial charge in [-0.15, -0.1) is 0 Å². The molecule has 0 amide bonds. The second kappa shape index (κ2) is 5.85. The van der Waals surface area contributed by atoms with Crippen molar-refractivity contribution < 1.29 is 9.84 Å². The average Bonchev–Trinajstić information content (AvgIpc) is 2.42. The molecule has 0 saturated heterocycles. The summed E-state index contributed by atoms with van der Waals surface area (Å²) in [7, 11) is 0. The molecule has 18 heavy (non-hydrogen) atoms. The zero-order valence-corrected chi connectivity index (χ0v) is 9.84. The highest BCUT2D eigenvalue weighted by molar-refractivity contribution is 5.46. The van der Waals surface area contributed by atoms with Gasteiger partial charge in [0.25, 0.3) is 0 Å². The molecule has 90 valence electrons. The van der Waals surface area contributed by atoms with Crippen LogP contribution in [0.5, 0.6) is 11.5 Å². The zero-order chi connectivity index (χ0) is 12.8. The van der Waals surface area contributed by atoms with Crippen LogP contribution < -0.4 is 4.74 Å². The maximum Gasteiger partial charge on any atom is 0.145 e. The molecular weight excluding hydrogens is 226 g/mol. The first-order chi connectivity index (χ1) is 8.85. The maximum absolute atomic E-state index is 9.00. The number of aliphatic hydroxyl groups is 1. The first kappa shape index (κ1) is 12.2. The van der Waals surface area contributed by atoms with Gasteiger partial charge in [-0.2, -0.15) is 5.26 Å². The van der Waals surface area contributed by atoms with Crippen LogP contribution in [0.25, 0.3) is 0 Å². The zero-order valence-electron chi connectivity index (χ0n) is 9.84. The summed E-state index contributed by atoms with van der Waals surface area (Å²) >= 11 is 0. The topological polar surface area (TPSA) is 53.2 Å². The fourth-order valence-electron chi connectivity index (χ4n) is 1.70. The molecule has 0 aliphatic carbocycles. The number of nitrogens with zero attached hydrogens (tertiary/aromatic N) is 1. The largest absolute Gasteiger partial charge is 0.456 e. The number of nitriles is 1. The summed E-state index contributed by atoms with van der Waals surface area (Å²) in [5, 5.41) is 18.0. The number of aliphatic hydroxyl groups excluding tert-OH is 1. The summed E-state index contributed by atoms with van der Waals surface area (Å²) in [6.07, 6.45) is 0.533. The van der Waals surface area contributed by atoms with E-state index in [9.17, 15) is 0 Å². The van der Waals surface area contributed by atoms with E-state index in [1.807, 2.05) is 30.3 Å². The average molecular weight is 239 g/mol. The lowest BCUT2D eigenvalue weighted by Crippen LogP contribution is -1.96. The van der Waals surface area contributed by atoms with Crippen molar-refractivity contribution in [1.82, 2.24) is 0 Å². The molecule has 0 heterocycles. The molecule has 0 aromatic heterocycles. The van der Waals surface area contributed by atoms with Gasteiger partial charge in [0, 0.05) is 6.61 Å². The van der Waals surface area contributed by atoms with Crippen LogP contribution in [0.1, 0.15) is 11.1 Å². The standard InChI is InChI=1S/C15H13NO2/c16-11-13-6-2-4-8-15(13)18-14-7-3-1-5-12(14)9-10-17/h1-8,17H,9-10H2. The predicted octanol–water partition coefficient (Wildman–Crippen LogP) is 2.89. The van der Waals surface area contributed by atoms with Gasteiger partial charge < -0.3 is 9.84 Å². The highest BCUT2D eigenvalue weighted by Gasteiger charge is 2.07. The molecule has 0 fully saturated rings. The number of rotatable bonds is 4. The van der Waals surface area contributed by atoms with E-state index < -0.39 is 0 Å². The van der Waals surface area contributed by atoms with Gasteiger partial charge in [0.05, 0.1) is 5.56 Å². The Kier molecular flexibility index (Phi) is 3.95. The Morgan fingerprint density at radius 3 is 2.39 bits per heavy atom. The Morgan fingerprint density at radius 2 is 1.67 bits per heavy atom. The van der Waals surface area contributed by atoms with E-state index in [0.717, 1.165) is 5.56 Å². The van der Waals surface area contributed by atoms with E-state index in [0.29, 0.717) is 23.5 Å². The quantitative estimate of drug-likeness (QED) is 0.892. The van der Waals surface area contributed by atoms with Gasteiger partial charge >= 0.3 is 0 Å². The van der Waals surface area contributed by atoms with Gasteiger partial charge in [0.15, 0.2) is 0 Å². The monoisotopic (exact) mass is 239 g/mol. The van der Waals surface area contributed by atoms with Crippen LogP contribution in [0.15, 0.2) is 48.5 Å². The molecule has 2 rings (SSSR count).